The number of hydrogen-bond acceptors (Lipinski definition) is 4. The first kappa shape index (κ1) is 15.7. The molecule has 0 N–H and O–H groups in total. The van der Waals surface area contributed by atoms with Crippen molar-refractivity contribution in [1.82, 2.24) is 4.40 Å². The van der Waals surface area contributed by atoms with E-state index in [4.69, 9.17) is 9.47 Å². The maximum Gasteiger partial charge on any atom is 0.340 e. The maximum atomic E-state index is 12.6. The van der Waals surface area contributed by atoms with Gasteiger partial charge < -0.3 is 13.9 Å². The summed E-state index contributed by atoms with van der Waals surface area (Å²) in [7, 11) is 2.65. The summed E-state index contributed by atoms with van der Waals surface area (Å²) in [5.41, 5.74) is 5.16. The first-order chi connectivity index (χ1) is 12.2. The number of carbonyl (C=O) groups is 2. The molecule has 0 atom stereocenters. The van der Waals surface area contributed by atoms with E-state index in [-0.39, 0.29) is 11.1 Å². The Hall–Kier alpha value is -2.82. The van der Waals surface area contributed by atoms with E-state index in [1.807, 2.05) is 22.6 Å². The van der Waals surface area contributed by atoms with E-state index >= 15 is 0 Å². The Morgan fingerprint density at radius 2 is 1.80 bits per heavy atom. The molecule has 3 aromatic rings. The van der Waals surface area contributed by atoms with E-state index in [0.29, 0.717) is 5.52 Å². The van der Waals surface area contributed by atoms with Gasteiger partial charge in [-0.15, -0.1) is 0 Å². The van der Waals surface area contributed by atoms with Crippen molar-refractivity contribution in [3.63, 3.8) is 0 Å². The first-order valence-corrected chi connectivity index (χ1v) is 8.43. The highest BCUT2D eigenvalue weighted by Gasteiger charge is 2.31. The van der Waals surface area contributed by atoms with Gasteiger partial charge in [0.05, 0.1) is 25.3 Å². The van der Waals surface area contributed by atoms with Crippen LogP contribution in [0.3, 0.4) is 0 Å². The highest BCUT2D eigenvalue weighted by molar-refractivity contribution is 6.16. The SMILES string of the molecule is COC(=O)c1c(C(=O)OC)c2c(C3=CCCCC3)cc3cccc1n32. The second-order valence-electron chi connectivity index (χ2n) is 6.29. The van der Waals surface area contributed by atoms with Gasteiger partial charge in [0.2, 0.25) is 0 Å². The third-order valence-electron chi connectivity index (χ3n) is 4.95. The molecule has 4 rings (SSSR count). The summed E-state index contributed by atoms with van der Waals surface area (Å²) < 4.78 is 11.9. The Bertz CT molecular complexity index is 1010. The van der Waals surface area contributed by atoms with E-state index in [1.165, 1.54) is 26.2 Å². The third-order valence-corrected chi connectivity index (χ3v) is 4.95. The number of nitrogens with zero attached hydrogens (tertiary/aromatic N) is 1. The van der Waals surface area contributed by atoms with Crippen molar-refractivity contribution in [2.24, 2.45) is 0 Å². The van der Waals surface area contributed by atoms with Gasteiger partial charge in [0, 0.05) is 11.1 Å². The first-order valence-electron chi connectivity index (χ1n) is 8.43. The van der Waals surface area contributed by atoms with Gasteiger partial charge in [-0.2, -0.15) is 0 Å². The van der Waals surface area contributed by atoms with E-state index < -0.39 is 11.9 Å². The zero-order valence-corrected chi connectivity index (χ0v) is 14.3. The Balaban J connectivity index is 2.14. The lowest BCUT2D eigenvalue weighted by Crippen LogP contribution is -2.10. The lowest BCUT2D eigenvalue weighted by atomic mass is 9.93. The van der Waals surface area contributed by atoms with E-state index in [2.05, 4.69) is 12.1 Å². The van der Waals surface area contributed by atoms with Crippen LogP contribution in [0.4, 0.5) is 0 Å². The van der Waals surface area contributed by atoms with Crippen LogP contribution in [-0.4, -0.2) is 30.6 Å². The van der Waals surface area contributed by atoms with E-state index in [9.17, 15) is 9.59 Å². The van der Waals surface area contributed by atoms with Crippen LogP contribution in [0, 0.1) is 0 Å². The molecule has 1 aliphatic rings. The van der Waals surface area contributed by atoms with Gasteiger partial charge in [-0.05, 0) is 49.5 Å². The molecule has 0 saturated carbocycles. The number of aromatic nitrogens is 1. The number of ether oxygens (including phenoxy) is 2. The zero-order chi connectivity index (χ0) is 17.6. The predicted molar refractivity (Wildman–Crippen MR) is 95.2 cm³/mol. The number of rotatable bonds is 3. The lowest BCUT2D eigenvalue weighted by molar-refractivity contribution is 0.0559. The molecule has 5 heteroatoms. The number of carbonyl (C=O) groups excluding carboxylic acids is 2. The molecular weight excluding hydrogens is 318 g/mol. The van der Waals surface area contributed by atoms with Crippen molar-refractivity contribution in [3.8, 4) is 0 Å². The highest BCUT2D eigenvalue weighted by atomic mass is 16.5. The largest absolute Gasteiger partial charge is 0.465 e. The van der Waals surface area contributed by atoms with Crippen LogP contribution in [0.1, 0.15) is 52.0 Å². The number of allylic oxidation sites excluding steroid dienone is 2. The van der Waals surface area contributed by atoms with Gasteiger partial charge in [0.25, 0.3) is 0 Å². The smallest absolute Gasteiger partial charge is 0.340 e. The van der Waals surface area contributed by atoms with Gasteiger partial charge in [0.1, 0.15) is 11.1 Å². The van der Waals surface area contributed by atoms with Crippen molar-refractivity contribution < 1.29 is 19.1 Å². The van der Waals surface area contributed by atoms with Gasteiger partial charge in [-0.25, -0.2) is 9.59 Å². The highest BCUT2D eigenvalue weighted by Crippen LogP contribution is 2.38. The molecule has 3 aromatic heterocycles. The molecule has 0 bridgehead atoms. The van der Waals surface area contributed by atoms with Crippen molar-refractivity contribution in [2.75, 3.05) is 14.2 Å². The fraction of sp³-hybridized carbons (Fsp3) is 0.300. The minimum Gasteiger partial charge on any atom is -0.465 e. The molecule has 0 radical (unpaired) electrons. The fourth-order valence-electron chi connectivity index (χ4n) is 3.85. The third kappa shape index (κ3) is 2.22. The van der Waals surface area contributed by atoms with Crippen LogP contribution in [0.25, 0.3) is 22.1 Å². The second kappa shape index (κ2) is 5.92. The van der Waals surface area contributed by atoms with Crippen LogP contribution >= 0.6 is 0 Å². The molecule has 0 amide bonds. The summed E-state index contributed by atoms with van der Waals surface area (Å²) in [6.07, 6.45) is 6.56. The van der Waals surface area contributed by atoms with Crippen molar-refractivity contribution in [3.05, 3.63) is 47.0 Å². The fourth-order valence-corrected chi connectivity index (χ4v) is 3.85. The summed E-state index contributed by atoms with van der Waals surface area (Å²) in [6, 6.07) is 7.79. The van der Waals surface area contributed by atoms with Gasteiger partial charge in [-0.3, -0.25) is 0 Å². The minimum absolute atomic E-state index is 0.271. The van der Waals surface area contributed by atoms with Gasteiger partial charge in [0.15, 0.2) is 0 Å². The molecule has 0 spiro atoms. The monoisotopic (exact) mass is 337 g/mol. The molecule has 128 valence electrons. The summed E-state index contributed by atoms with van der Waals surface area (Å²) >= 11 is 0. The zero-order valence-electron chi connectivity index (χ0n) is 14.3. The second-order valence-corrected chi connectivity index (χ2v) is 6.29. The summed E-state index contributed by atoms with van der Waals surface area (Å²) in [5.74, 6) is -1.05. The molecule has 0 saturated heterocycles. The Morgan fingerprint density at radius 1 is 1.04 bits per heavy atom. The summed E-state index contributed by atoms with van der Waals surface area (Å²) in [5, 5.41) is 0. The van der Waals surface area contributed by atoms with Crippen molar-refractivity contribution in [1.29, 1.82) is 0 Å². The van der Waals surface area contributed by atoms with E-state index in [0.717, 1.165) is 35.9 Å². The maximum absolute atomic E-state index is 12.6. The van der Waals surface area contributed by atoms with Crippen molar-refractivity contribution in [2.45, 2.75) is 25.7 Å². The van der Waals surface area contributed by atoms with Crippen molar-refractivity contribution >= 4 is 34.1 Å². The van der Waals surface area contributed by atoms with Crippen LogP contribution in [0.2, 0.25) is 0 Å². The number of hydrogen-bond donors (Lipinski definition) is 0. The minimum atomic E-state index is -0.528. The quantitative estimate of drug-likeness (QED) is 0.676. The van der Waals surface area contributed by atoms with Crippen LogP contribution in [-0.2, 0) is 9.47 Å². The lowest BCUT2D eigenvalue weighted by Gasteiger charge is -2.12. The molecule has 0 aromatic carbocycles. The predicted octanol–water partition coefficient (Wildman–Crippen LogP) is 4.06. The van der Waals surface area contributed by atoms with Crippen LogP contribution < -0.4 is 0 Å². The molecule has 1 aliphatic carbocycles. The Labute approximate surface area is 145 Å². The average Bonchev–Trinajstić information content (AvgIpc) is 3.21. The van der Waals surface area contributed by atoms with Crippen LogP contribution in [0.5, 0.6) is 0 Å². The van der Waals surface area contributed by atoms with Gasteiger partial charge in [-0.1, -0.05) is 12.1 Å². The van der Waals surface area contributed by atoms with Crippen LogP contribution in [0.15, 0.2) is 30.3 Å². The standard InChI is InChI=1S/C20H19NO4/c1-24-19(22)16-15-10-6-9-13-11-14(12-7-4-3-5-8-12)18(21(13)15)17(16)20(23)25-2/h6-7,9-11H,3-5,8H2,1-2H3. The van der Waals surface area contributed by atoms with Gasteiger partial charge >= 0.3 is 11.9 Å². The Kier molecular flexibility index (Phi) is 3.71. The normalized spacial score (nSPS) is 14.7. The number of esters is 2. The van der Waals surface area contributed by atoms with E-state index in [1.54, 1.807) is 0 Å². The topological polar surface area (TPSA) is 57.0 Å². The Morgan fingerprint density at radius 3 is 2.48 bits per heavy atom. The molecule has 3 heterocycles. The summed E-state index contributed by atoms with van der Waals surface area (Å²) in [6.45, 7) is 0. The average molecular weight is 337 g/mol. The molecule has 25 heavy (non-hydrogen) atoms. The molecule has 0 fully saturated rings. The number of methoxy groups -OCH3 is 2. The molecular formula is C20H19NO4. The molecule has 0 aliphatic heterocycles. The summed E-state index contributed by atoms with van der Waals surface area (Å²) in [4.78, 5) is 25.0. The molecule has 0 unspecified atom stereocenters. The number of pyridine rings is 1. The molecule has 5 nitrogen and oxygen atoms in total.